The molecule has 4 rings (SSSR count). The molecule has 0 saturated carbocycles. The van der Waals surface area contributed by atoms with Gasteiger partial charge in [-0.2, -0.15) is 0 Å². The Labute approximate surface area is 173 Å². The van der Waals surface area contributed by atoms with Gasteiger partial charge in [-0.1, -0.05) is 17.7 Å². The van der Waals surface area contributed by atoms with Gasteiger partial charge >= 0.3 is 0 Å². The molecule has 0 radical (unpaired) electrons. The summed E-state index contributed by atoms with van der Waals surface area (Å²) < 4.78 is 7.74. The monoisotopic (exact) mass is 414 g/mol. The zero-order valence-electron chi connectivity index (χ0n) is 16.4. The Bertz CT molecular complexity index is 1110. The topological polar surface area (TPSA) is 80.5 Å². The molecule has 29 heavy (non-hydrogen) atoms. The Hall–Kier alpha value is -2.64. The van der Waals surface area contributed by atoms with Crippen molar-refractivity contribution in [3.63, 3.8) is 0 Å². The highest BCUT2D eigenvalue weighted by molar-refractivity contribution is 6.30. The Morgan fingerprint density at radius 1 is 1.24 bits per heavy atom. The molecular formula is C21H23ClN4O3. The summed E-state index contributed by atoms with van der Waals surface area (Å²) in [6.45, 7) is 3.17. The van der Waals surface area contributed by atoms with Crippen molar-refractivity contribution in [1.29, 1.82) is 0 Å². The van der Waals surface area contributed by atoms with Gasteiger partial charge in [0, 0.05) is 44.7 Å². The molecule has 3 heterocycles. The van der Waals surface area contributed by atoms with Gasteiger partial charge in [-0.25, -0.2) is 9.97 Å². The maximum Gasteiger partial charge on any atom is 0.258 e. The van der Waals surface area contributed by atoms with Crippen LogP contribution in [-0.4, -0.2) is 38.8 Å². The third-order valence-corrected chi connectivity index (χ3v) is 5.71. The fourth-order valence-electron chi connectivity index (χ4n) is 3.67. The van der Waals surface area contributed by atoms with Gasteiger partial charge in [0.2, 0.25) is 0 Å². The van der Waals surface area contributed by atoms with Crippen LogP contribution in [0, 0.1) is 6.92 Å². The fourth-order valence-corrected chi connectivity index (χ4v) is 3.85. The molecule has 1 aromatic carbocycles. The van der Waals surface area contributed by atoms with Crippen LogP contribution in [0.2, 0.25) is 5.15 Å². The van der Waals surface area contributed by atoms with E-state index in [9.17, 15) is 9.90 Å². The second-order valence-corrected chi connectivity index (χ2v) is 7.68. The van der Waals surface area contributed by atoms with Crippen LogP contribution in [0.5, 0.6) is 5.75 Å². The molecule has 0 bridgehead atoms. The van der Waals surface area contributed by atoms with Crippen molar-refractivity contribution < 1.29 is 9.84 Å². The van der Waals surface area contributed by atoms with Gasteiger partial charge in [-0.05, 0) is 30.5 Å². The Morgan fingerprint density at radius 2 is 2.00 bits per heavy atom. The maximum atomic E-state index is 12.3. The molecule has 0 spiro atoms. The minimum absolute atomic E-state index is 0.0291. The molecule has 0 atom stereocenters. The van der Waals surface area contributed by atoms with E-state index in [1.807, 2.05) is 31.2 Å². The largest absolute Gasteiger partial charge is 0.490 e. The summed E-state index contributed by atoms with van der Waals surface area (Å²) in [5, 5.41) is 11.3. The van der Waals surface area contributed by atoms with E-state index in [1.54, 1.807) is 17.8 Å². The van der Waals surface area contributed by atoms with E-state index in [2.05, 4.69) is 14.9 Å². The van der Waals surface area contributed by atoms with Crippen LogP contribution in [0.25, 0.3) is 10.8 Å². The number of nitrogens with zero attached hydrogens (tertiary/aromatic N) is 4. The third kappa shape index (κ3) is 3.93. The molecule has 7 nitrogen and oxygen atoms in total. The zero-order chi connectivity index (χ0) is 20.5. The molecule has 0 unspecified atom stereocenters. The average molecular weight is 415 g/mol. The lowest BCUT2D eigenvalue weighted by Crippen LogP contribution is -2.39. The fraction of sp³-hybridized carbons (Fsp3) is 0.381. The lowest BCUT2D eigenvalue weighted by atomic mass is 10.1. The van der Waals surface area contributed by atoms with Crippen molar-refractivity contribution in [2.75, 3.05) is 18.0 Å². The van der Waals surface area contributed by atoms with Crippen molar-refractivity contribution in [2.45, 2.75) is 32.5 Å². The second kappa shape index (κ2) is 8.00. The number of pyridine rings is 1. The number of ether oxygens (including phenoxy) is 1. The van der Waals surface area contributed by atoms with Gasteiger partial charge in [0.1, 0.15) is 29.4 Å². The number of benzene rings is 1. The number of aliphatic hydroxyl groups excluding tert-OH is 1. The number of rotatable bonds is 4. The number of aliphatic hydroxyl groups is 1. The molecule has 3 aromatic rings. The summed E-state index contributed by atoms with van der Waals surface area (Å²) in [7, 11) is 1.74. The molecule has 1 N–H and O–H groups in total. The van der Waals surface area contributed by atoms with Crippen molar-refractivity contribution >= 4 is 28.2 Å². The molecule has 1 fully saturated rings. The minimum atomic E-state index is -0.242. The minimum Gasteiger partial charge on any atom is -0.490 e. The zero-order valence-corrected chi connectivity index (χ0v) is 17.2. The van der Waals surface area contributed by atoms with Crippen LogP contribution in [0.1, 0.15) is 24.2 Å². The van der Waals surface area contributed by atoms with Gasteiger partial charge in [0.05, 0.1) is 5.39 Å². The summed E-state index contributed by atoms with van der Waals surface area (Å²) in [5.74, 6) is 1.80. The number of fused-ring (bicyclic) bond motifs is 1. The highest BCUT2D eigenvalue weighted by Crippen LogP contribution is 2.28. The summed E-state index contributed by atoms with van der Waals surface area (Å²) in [6.07, 6.45) is 3.47. The van der Waals surface area contributed by atoms with Gasteiger partial charge in [-0.3, -0.25) is 4.79 Å². The summed E-state index contributed by atoms with van der Waals surface area (Å²) in [6, 6.07) is 7.58. The van der Waals surface area contributed by atoms with Gasteiger partial charge < -0.3 is 19.3 Å². The Kier molecular flexibility index (Phi) is 5.43. The highest BCUT2D eigenvalue weighted by atomic mass is 35.5. The number of anilines is 1. The van der Waals surface area contributed by atoms with Crippen molar-refractivity contribution in [1.82, 2.24) is 14.5 Å². The molecular weight excluding hydrogens is 392 g/mol. The predicted molar refractivity (Wildman–Crippen MR) is 113 cm³/mol. The molecule has 2 aromatic heterocycles. The number of hydrogen-bond donors (Lipinski definition) is 1. The SMILES string of the molecule is Cc1c(Cl)nc(CO)nc1N1CCC(Oc2ccc3ccn(C)c(=O)c3c2)CC1. The molecule has 152 valence electrons. The standard InChI is InChI=1S/C21H23ClN4O3/c1-13-19(22)23-18(12-27)24-20(13)26-9-6-15(7-10-26)29-16-4-3-14-5-8-25(2)21(28)17(14)11-16/h3-5,8,11,15,27H,6-7,9-10,12H2,1-2H3. The quantitative estimate of drug-likeness (QED) is 0.661. The van der Waals surface area contributed by atoms with Crippen LogP contribution in [0.3, 0.4) is 0 Å². The second-order valence-electron chi connectivity index (χ2n) is 7.32. The van der Waals surface area contributed by atoms with Crippen LogP contribution in [0.15, 0.2) is 35.3 Å². The first-order valence-electron chi connectivity index (χ1n) is 9.61. The number of hydrogen-bond acceptors (Lipinski definition) is 6. The van der Waals surface area contributed by atoms with Crippen LogP contribution in [0.4, 0.5) is 5.82 Å². The summed E-state index contributed by atoms with van der Waals surface area (Å²) in [5.41, 5.74) is 0.784. The molecule has 0 aliphatic carbocycles. The lowest BCUT2D eigenvalue weighted by molar-refractivity contribution is 0.171. The van der Waals surface area contributed by atoms with E-state index in [1.165, 1.54) is 0 Å². The van der Waals surface area contributed by atoms with Crippen LogP contribution in [-0.2, 0) is 13.7 Å². The predicted octanol–water partition coefficient (Wildman–Crippen LogP) is 2.83. The number of piperidine rings is 1. The molecule has 0 amide bonds. The first-order chi connectivity index (χ1) is 14.0. The van der Waals surface area contributed by atoms with E-state index in [4.69, 9.17) is 16.3 Å². The third-order valence-electron chi connectivity index (χ3n) is 5.35. The van der Waals surface area contributed by atoms with Crippen molar-refractivity contribution in [3.8, 4) is 5.75 Å². The van der Waals surface area contributed by atoms with Crippen molar-refractivity contribution in [3.05, 3.63) is 57.4 Å². The summed E-state index contributed by atoms with van der Waals surface area (Å²) >= 11 is 6.18. The Balaban J connectivity index is 1.47. The van der Waals surface area contributed by atoms with E-state index in [0.29, 0.717) is 22.1 Å². The smallest absolute Gasteiger partial charge is 0.258 e. The highest BCUT2D eigenvalue weighted by Gasteiger charge is 2.24. The van der Waals surface area contributed by atoms with Crippen LogP contribution < -0.4 is 15.2 Å². The van der Waals surface area contributed by atoms with Gasteiger partial charge in [-0.15, -0.1) is 0 Å². The lowest BCUT2D eigenvalue weighted by Gasteiger charge is -2.34. The van der Waals surface area contributed by atoms with Gasteiger partial charge in [0.25, 0.3) is 5.56 Å². The van der Waals surface area contributed by atoms with Crippen molar-refractivity contribution in [2.24, 2.45) is 7.05 Å². The van der Waals surface area contributed by atoms with Gasteiger partial charge in [0.15, 0.2) is 5.82 Å². The molecule has 1 aliphatic heterocycles. The molecule has 1 aliphatic rings. The molecule has 8 heteroatoms. The number of aryl methyl sites for hydroxylation is 1. The molecule has 1 saturated heterocycles. The number of aromatic nitrogens is 3. The summed E-state index contributed by atoms with van der Waals surface area (Å²) in [4.78, 5) is 23.0. The normalized spacial score (nSPS) is 15.1. The van der Waals surface area contributed by atoms with E-state index in [0.717, 1.165) is 42.7 Å². The van der Waals surface area contributed by atoms with E-state index in [-0.39, 0.29) is 18.3 Å². The maximum absolute atomic E-state index is 12.3. The van der Waals surface area contributed by atoms with E-state index >= 15 is 0 Å². The first kappa shape index (κ1) is 19.7. The number of halogens is 1. The first-order valence-corrected chi connectivity index (χ1v) is 9.99. The average Bonchev–Trinajstić information content (AvgIpc) is 2.73. The van der Waals surface area contributed by atoms with E-state index < -0.39 is 0 Å². The van der Waals surface area contributed by atoms with Crippen LogP contribution >= 0.6 is 11.6 Å². The Morgan fingerprint density at radius 3 is 2.72 bits per heavy atom.